The highest BCUT2D eigenvalue weighted by atomic mass is 32.1. The van der Waals surface area contributed by atoms with Gasteiger partial charge in [0.25, 0.3) is 0 Å². The molecule has 156 valence electrons. The first-order valence-electron chi connectivity index (χ1n) is 9.48. The second-order valence-corrected chi connectivity index (χ2v) is 7.85. The smallest absolute Gasteiger partial charge is 0.242 e. The largest absolute Gasteiger partial charge is 0.491 e. The summed E-state index contributed by atoms with van der Waals surface area (Å²) in [5, 5.41) is 2.02. The van der Waals surface area contributed by atoms with Gasteiger partial charge < -0.3 is 19.3 Å². The molecule has 1 aliphatic heterocycles. The van der Waals surface area contributed by atoms with Gasteiger partial charge >= 0.3 is 0 Å². The van der Waals surface area contributed by atoms with Crippen molar-refractivity contribution in [1.29, 1.82) is 0 Å². The molecule has 0 radical (unpaired) electrons. The van der Waals surface area contributed by atoms with E-state index in [0.717, 1.165) is 12.0 Å². The summed E-state index contributed by atoms with van der Waals surface area (Å²) in [6, 6.07) is 7.60. The van der Waals surface area contributed by atoms with Crippen LogP contribution in [0.3, 0.4) is 0 Å². The van der Waals surface area contributed by atoms with E-state index in [9.17, 15) is 14.0 Å². The van der Waals surface area contributed by atoms with Crippen molar-refractivity contribution >= 4 is 23.2 Å². The van der Waals surface area contributed by atoms with Gasteiger partial charge in [-0.2, -0.15) is 0 Å². The highest BCUT2D eigenvalue weighted by Gasteiger charge is 2.33. The molecule has 0 saturated heterocycles. The molecule has 0 bridgehead atoms. The van der Waals surface area contributed by atoms with Crippen molar-refractivity contribution in [2.24, 2.45) is 0 Å². The van der Waals surface area contributed by atoms with E-state index in [2.05, 4.69) is 0 Å². The van der Waals surface area contributed by atoms with E-state index in [1.807, 2.05) is 11.4 Å². The lowest BCUT2D eigenvalue weighted by Crippen LogP contribution is -2.48. The fourth-order valence-corrected chi connectivity index (χ4v) is 4.31. The van der Waals surface area contributed by atoms with E-state index < -0.39 is 0 Å². The molecular formula is C21H25FN2O4S. The standard InChI is InChI=1S/C21H25FN2O4S/c1-15(25)23(10-11-27-2)13-21(26)24-9-7-20-18(8-12-29-20)19(24)14-28-17-5-3-16(22)4-6-17/h3-6,8,12,19H,7,9-11,13-14H2,1-2H3. The summed E-state index contributed by atoms with van der Waals surface area (Å²) in [5.74, 6) is -0.0671. The Morgan fingerprint density at radius 1 is 1.28 bits per heavy atom. The molecule has 3 rings (SSSR count). The van der Waals surface area contributed by atoms with Gasteiger partial charge in [0.1, 0.15) is 18.2 Å². The third-order valence-corrected chi connectivity index (χ3v) is 5.97. The SMILES string of the molecule is COCCN(CC(=O)N1CCc2sccc2C1COc1ccc(F)cc1)C(C)=O. The van der Waals surface area contributed by atoms with Crippen molar-refractivity contribution in [2.45, 2.75) is 19.4 Å². The highest BCUT2D eigenvalue weighted by Crippen LogP contribution is 2.34. The zero-order valence-corrected chi connectivity index (χ0v) is 17.4. The van der Waals surface area contributed by atoms with Gasteiger partial charge in [0, 0.05) is 32.0 Å². The highest BCUT2D eigenvalue weighted by molar-refractivity contribution is 7.10. The topological polar surface area (TPSA) is 59.1 Å². The summed E-state index contributed by atoms with van der Waals surface area (Å²) in [6.07, 6.45) is 0.782. The molecule has 0 saturated carbocycles. The number of hydrogen-bond acceptors (Lipinski definition) is 5. The number of thiophene rings is 1. The fraction of sp³-hybridized carbons (Fsp3) is 0.429. The molecule has 1 atom stereocenters. The van der Waals surface area contributed by atoms with Crippen molar-refractivity contribution in [3.63, 3.8) is 0 Å². The van der Waals surface area contributed by atoms with Crippen LogP contribution in [0.25, 0.3) is 0 Å². The molecule has 29 heavy (non-hydrogen) atoms. The summed E-state index contributed by atoms with van der Waals surface area (Å²) in [6.45, 7) is 3.03. The molecule has 1 aromatic carbocycles. The lowest BCUT2D eigenvalue weighted by Gasteiger charge is -2.37. The van der Waals surface area contributed by atoms with E-state index in [0.29, 0.717) is 25.4 Å². The van der Waals surface area contributed by atoms with Crippen LogP contribution < -0.4 is 4.74 Å². The van der Waals surface area contributed by atoms with E-state index in [1.54, 1.807) is 35.5 Å². The number of nitrogens with zero attached hydrogens (tertiary/aromatic N) is 2. The number of fused-ring (bicyclic) bond motifs is 1. The van der Waals surface area contributed by atoms with Crippen molar-refractivity contribution in [3.8, 4) is 5.75 Å². The third-order valence-electron chi connectivity index (χ3n) is 4.97. The number of hydrogen-bond donors (Lipinski definition) is 0. The number of halogens is 1. The van der Waals surface area contributed by atoms with Gasteiger partial charge in [0.15, 0.2) is 0 Å². The number of rotatable bonds is 8. The average Bonchev–Trinajstić information content (AvgIpc) is 3.19. The molecule has 1 aromatic heterocycles. The van der Waals surface area contributed by atoms with Crippen LogP contribution in [0.4, 0.5) is 4.39 Å². The molecule has 6 nitrogen and oxygen atoms in total. The number of ether oxygens (including phenoxy) is 2. The van der Waals surface area contributed by atoms with Crippen LogP contribution in [-0.2, 0) is 20.7 Å². The molecule has 2 heterocycles. The van der Waals surface area contributed by atoms with Crippen molar-refractivity contribution in [3.05, 3.63) is 52.0 Å². The molecule has 8 heteroatoms. The number of benzene rings is 1. The van der Waals surface area contributed by atoms with Crippen LogP contribution in [0.5, 0.6) is 5.75 Å². The molecule has 0 N–H and O–H groups in total. The zero-order valence-electron chi connectivity index (χ0n) is 16.6. The Balaban J connectivity index is 1.73. The first-order chi connectivity index (χ1) is 14.0. The Morgan fingerprint density at radius 2 is 2.03 bits per heavy atom. The predicted octanol–water partition coefficient (Wildman–Crippen LogP) is 2.89. The van der Waals surface area contributed by atoms with Crippen LogP contribution in [0.1, 0.15) is 23.4 Å². The second-order valence-electron chi connectivity index (χ2n) is 6.85. The average molecular weight is 421 g/mol. The van der Waals surface area contributed by atoms with Crippen LogP contribution in [0.2, 0.25) is 0 Å². The third kappa shape index (κ3) is 5.33. The Bertz CT molecular complexity index is 839. The van der Waals surface area contributed by atoms with Crippen molar-refractivity contribution in [1.82, 2.24) is 9.80 Å². The van der Waals surface area contributed by atoms with Gasteiger partial charge in [-0.3, -0.25) is 9.59 Å². The van der Waals surface area contributed by atoms with Gasteiger partial charge in [-0.25, -0.2) is 4.39 Å². The monoisotopic (exact) mass is 420 g/mol. The summed E-state index contributed by atoms with van der Waals surface area (Å²) in [7, 11) is 1.56. The molecular weight excluding hydrogens is 395 g/mol. The fourth-order valence-electron chi connectivity index (χ4n) is 3.38. The van der Waals surface area contributed by atoms with Crippen LogP contribution in [0.15, 0.2) is 35.7 Å². The molecule has 0 spiro atoms. The second kappa shape index (κ2) is 9.84. The van der Waals surface area contributed by atoms with Gasteiger partial charge in [-0.05, 0) is 47.7 Å². The Morgan fingerprint density at radius 3 is 2.72 bits per heavy atom. The summed E-state index contributed by atoms with van der Waals surface area (Å²) in [4.78, 5) is 29.5. The first-order valence-corrected chi connectivity index (χ1v) is 10.4. The molecule has 1 aliphatic rings. The molecule has 0 aliphatic carbocycles. The van der Waals surface area contributed by atoms with E-state index in [1.165, 1.54) is 28.8 Å². The van der Waals surface area contributed by atoms with Crippen LogP contribution in [0, 0.1) is 5.82 Å². The van der Waals surface area contributed by atoms with Crippen LogP contribution in [-0.4, -0.2) is 61.6 Å². The minimum atomic E-state index is -0.327. The maximum absolute atomic E-state index is 13.1. The predicted molar refractivity (Wildman–Crippen MR) is 109 cm³/mol. The van der Waals surface area contributed by atoms with E-state index >= 15 is 0 Å². The Labute approximate surface area is 173 Å². The van der Waals surface area contributed by atoms with E-state index in [-0.39, 0.29) is 36.8 Å². The van der Waals surface area contributed by atoms with Gasteiger partial charge in [0.2, 0.25) is 11.8 Å². The number of methoxy groups -OCH3 is 1. The quantitative estimate of drug-likeness (QED) is 0.659. The molecule has 2 aromatic rings. The van der Waals surface area contributed by atoms with E-state index in [4.69, 9.17) is 9.47 Å². The van der Waals surface area contributed by atoms with Gasteiger partial charge in [0.05, 0.1) is 19.2 Å². The maximum atomic E-state index is 13.1. The summed E-state index contributed by atoms with van der Waals surface area (Å²) in [5.41, 5.74) is 1.07. The van der Waals surface area contributed by atoms with Crippen molar-refractivity contribution < 1.29 is 23.5 Å². The van der Waals surface area contributed by atoms with Gasteiger partial charge in [-0.15, -0.1) is 11.3 Å². The first kappa shape index (κ1) is 21.3. The lowest BCUT2D eigenvalue weighted by molar-refractivity contribution is -0.142. The van der Waals surface area contributed by atoms with Gasteiger partial charge in [-0.1, -0.05) is 0 Å². The number of carbonyl (C=O) groups excluding carboxylic acids is 2. The molecule has 0 fully saturated rings. The summed E-state index contributed by atoms with van der Waals surface area (Å²) < 4.78 is 24.0. The number of amides is 2. The minimum Gasteiger partial charge on any atom is -0.491 e. The van der Waals surface area contributed by atoms with Crippen molar-refractivity contribution in [2.75, 3.05) is 40.0 Å². The van der Waals surface area contributed by atoms with Crippen LogP contribution >= 0.6 is 11.3 Å². The zero-order chi connectivity index (χ0) is 20.8. The Hall–Kier alpha value is -2.45. The molecule has 1 unspecified atom stereocenters. The Kier molecular flexibility index (Phi) is 7.22. The summed E-state index contributed by atoms with van der Waals surface area (Å²) >= 11 is 1.67. The molecule has 2 amide bonds. The number of carbonyl (C=O) groups is 2. The normalized spacial score (nSPS) is 15.7. The minimum absolute atomic E-state index is 0.00517. The lowest BCUT2D eigenvalue weighted by atomic mass is 10.0. The maximum Gasteiger partial charge on any atom is 0.242 e.